The Morgan fingerprint density at radius 1 is 1.09 bits per heavy atom. The monoisotopic (exact) mass is 491 g/mol. The first-order chi connectivity index (χ1) is 10.4. The Hall–Kier alpha value is 0.213. The molecule has 1 aliphatic carbocycles. The SMILES string of the molecule is CN1c2ccccc2C2=Cc3c(ccc(Br)[c]3[Zr]([Cl])([Cl])[Cl])C21. The number of benzene rings is 2. The summed E-state index contributed by atoms with van der Waals surface area (Å²) in [6, 6.07) is 12.8. The van der Waals surface area contributed by atoms with Crippen molar-refractivity contribution < 1.29 is 16.7 Å². The van der Waals surface area contributed by atoms with E-state index in [9.17, 15) is 0 Å². The van der Waals surface area contributed by atoms with Crippen LogP contribution in [-0.2, 0) is 16.7 Å². The van der Waals surface area contributed by atoms with E-state index in [4.69, 9.17) is 25.5 Å². The van der Waals surface area contributed by atoms with Gasteiger partial charge in [-0.15, -0.1) is 0 Å². The Bertz CT molecular complexity index is 829. The molecule has 0 saturated carbocycles. The minimum absolute atomic E-state index is 0.220. The summed E-state index contributed by atoms with van der Waals surface area (Å²) in [6.45, 7) is 0. The Morgan fingerprint density at radius 3 is 2.55 bits per heavy atom. The van der Waals surface area contributed by atoms with Crippen molar-refractivity contribution in [1.82, 2.24) is 0 Å². The van der Waals surface area contributed by atoms with Crippen LogP contribution >= 0.6 is 41.5 Å². The molecule has 1 aliphatic heterocycles. The molecule has 112 valence electrons. The van der Waals surface area contributed by atoms with E-state index in [-0.39, 0.29) is 6.04 Å². The second-order valence-corrected chi connectivity index (χ2v) is 23.6. The van der Waals surface area contributed by atoms with Gasteiger partial charge < -0.3 is 0 Å². The molecule has 1 heterocycles. The van der Waals surface area contributed by atoms with Gasteiger partial charge in [0.25, 0.3) is 0 Å². The first-order valence-electron chi connectivity index (χ1n) is 6.83. The van der Waals surface area contributed by atoms with E-state index in [2.05, 4.69) is 64.3 Å². The molecule has 0 bridgehead atoms. The summed E-state index contributed by atoms with van der Waals surface area (Å²) in [5, 5.41) is 0. The zero-order chi connectivity index (χ0) is 15.6. The molecule has 0 spiro atoms. The number of anilines is 1. The molecule has 1 atom stereocenters. The summed E-state index contributed by atoms with van der Waals surface area (Å²) in [6.07, 6.45) is 2.21. The van der Waals surface area contributed by atoms with Gasteiger partial charge in [0, 0.05) is 0 Å². The van der Waals surface area contributed by atoms with E-state index in [0.717, 1.165) is 13.3 Å². The van der Waals surface area contributed by atoms with Crippen molar-refractivity contribution in [3.8, 4) is 0 Å². The molecule has 2 aromatic carbocycles. The molecule has 0 aromatic heterocycles. The third kappa shape index (κ3) is 2.20. The average Bonchev–Trinajstić information content (AvgIpc) is 2.95. The van der Waals surface area contributed by atoms with E-state index in [0.29, 0.717) is 0 Å². The molecule has 1 nitrogen and oxygen atoms in total. The Balaban J connectivity index is 1.99. The van der Waals surface area contributed by atoms with Gasteiger partial charge in [-0.3, -0.25) is 0 Å². The summed E-state index contributed by atoms with van der Waals surface area (Å²) >= 11 is -0.204. The van der Waals surface area contributed by atoms with Crippen LogP contribution < -0.4 is 8.17 Å². The maximum absolute atomic E-state index is 6.41. The van der Waals surface area contributed by atoms with Gasteiger partial charge in [0.15, 0.2) is 0 Å². The Kier molecular flexibility index (Phi) is 3.83. The first kappa shape index (κ1) is 15.7. The fourth-order valence-electron chi connectivity index (χ4n) is 3.50. The normalized spacial score (nSPS) is 18.9. The number of rotatable bonds is 1. The number of para-hydroxylation sites is 1. The minimum atomic E-state index is -3.77. The van der Waals surface area contributed by atoms with Crippen LogP contribution in [0.1, 0.15) is 22.7 Å². The Labute approximate surface area is 153 Å². The molecule has 0 fully saturated rings. The number of fused-ring (bicyclic) bond motifs is 5. The predicted molar refractivity (Wildman–Crippen MR) is 96.8 cm³/mol. The second-order valence-electron chi connectivity index (χ2n) is 5.55. The summed E-state index contributed by atoms with van der Waals surface area (Å²) < 4.78 is 1.83. The standard InChI is InChI=1S/C16H11BrN.3ClH.Zr/c1-18-15-5-3-2-4-13(15)14-9-10-8-11(17)6-7-12(10)16(14)18;;;;/h2-7,9,16H,1H3;3*1H;/q;;;;+3/p-3. The van der Waals surface area contributed by atoms with E-state index in [1.165, 1.54) is 22.4 Å². The fourth-order valence-corrected chi connectivity index (χ4v) is 13.4. The van der Waals surface area contributed by atoms with Gasteiger partial charge in [0.2, 0.25) is 0 Å². The van der Waals surface area contributed by atoms with Gasteiger partial charge in [0.1, 0.15) is 0 Å². The molecule has 2 aliphatic rings. The van der Waals surface area contributed by atoms with Crippen LogP contribution in [-0.4, -0.2) is 7.05 Å². The first-order valence-corrected chi connectivity index (χ1v) is 18.3. The van der Waals surface area contributed by atoms with Crippen LogP contribution in [0.25, 0.3) is 11.6 Å². The third-order valence-corrected chi connectivity index (χ3v) is 12.0. The fraction of sp³-hybridized carbons (Fsp3) is 0.125. The van der Waals surface area contributed by atoms with Crippen molar-refractivity contribution in [3.63, 3.8) is 0 Å². The van der Waals surface area contributed by atoms with Crippen LogP contribution in [0, 0.1) is 0 Å². The van der Waals surface area contributed by atoms with Crippen molar-refractivity contribution in [1.29, 1.82) is 0 Å². The molecule has 0 radical (unpaired) electrons. The molecular formula is C16H11BrCl3NZr. The van der Waals surface area contributed by atoms with Crippen molar-refractivity contribution in [3.05, 3.63) is 57.6 Å². The van der Waals surface area contributed by atoms with Gasteiger partial charge in [-0.25, -0.2) is 0 Å². The molecule has 0 amide bonds. The molecule has 0 saturated heterocycles. The number of nitrogens with zero attached hydrogens (tertiary/aromatic N) is 1. The molecule has 4 rings (SSSR count). The zero-order valence-corrected chi connectivity index (χ0v) is 17.9. The number of likely N-dealkylation sites (N-methyl/N-ethyl adjacent to an activating group) is 1. The zero-order valence-electron chi connectivity index (χ0n) is 11.6. The summed E-state index contributed by atoms with van der Waals surface area (Å²) in [4.78, 5) is 2.30. The van der Waals surface area contributed by atoms with E-state index < -0.39 is 16.7 Å². The van der Waals surface area contributed by atoms with Crippen LogP contribution in [0.3, 0.4) is 0 Å². The van der Waals surface area contributed by atoms with Crippen molar-refractivity contribution in [2.45, 2.75) is 6.04 Å². The van der Waals surface area contributed by atoms with Gasteiger partial charge >= 0.3 is 154 Å². The quantitative estimate of drug-likeness (QED) is 0.489. The molecule has 0 N–H and O–H groups in total. The number of halogens is 4. The van der Waals surface area contributed by atoms with E-state index >= 15 is 0 Å². The number of hydrogen-bond donors (Lipinski definition) is 0. The van der Waals surface area contributed by atoms with Gasteiger partial charge in [-0.1, -0.05) is 0 Å². The molecule has 1 unspecified atom stereocenters. The van der Waals surface area contributed by atoms with Gasteiger partial charge in [-0.2, -0.15) is 0 Å². The second kappa shape index (κ2) is 5.36. The summed E-state index contributed by atoms with van der Waals surface area (Å²) in [5.41, 5.74) is 6.16. The van der Waals surface area contributed by atoms with Crippen LogP contribution in [0.5, 0.6) is 0 Å². The molecule has 6 heteroatoms. The van der Waals surface area contributed by atoms with Crippen molar-refractivity contribution >= 4 is 62.1 Å². The van der Waals surface area contributed by atoms with Gasteiger partial charge in [-0.05, 0) is 0 Å². The van der Waals surface area contributed by atoms with Crippen LogP contribution in [0.2, 0.25) is 0 Å². The Morgan fingerprint density at radius 2 is 1.82 bits per heavy atom. The number of hydrogen-bond acceptors (Lipinski definition) is 1. The predicted octanol–water partition coefficient (Wildman–Crippen LogP) is 5.73. The average molecular weight is 495 g/mol. The van der Waals surface area contributed by atoms with E-state index in [1.807, 2.05) is 6.07 Å². The topological polar surface area (TPSA) is 3.24 Å². The van der Waals surface area contributed by atoms with Crippen molar-refractivity contribution in [2.24, 2.45) is 0 Å². The maximum atomic E-state index is 6.41. The van der Waals surface area contributed by atoms with E-state index in [1.54, 1.807) is 0 Å². The van der Waals surface area contributed by atoms with Crippen molar-refractivity contribution in [2.75, 3.05) is 11.9 Å². The molecular weight excluding hydrogens is 484 g/mol. The van der Waals surface area contributed by atoms with Crippen LogP contribution in [0.15, 0.2) is 40.9 Å². The molecule has 2 aromatic rings. The summed E-state index contributed by atoms with van der Waals surface area (Å²) in [7, 11) is 21.4. The summed E-state index contributed by atoms with van der Waals surface area (Å²) in [5.74, 6) is 0. The van der Waals surface area contributed by atoms with Gasteiger partial charge in [0.05, 0.1) is 0 Å². The van der Waals surface area contributed by atoms with Crippen LogP contribution in [0.4, 0.5) is 5.69 Å². The molecule has 22 heavy (non-hydrogen) atoms. The third-order valence-electron chi connectivity index (χ3n) is 4.38.